The van der Waals surface area contributed by atoms with Crippen molar-refractivity contribution in [1.29, 1.82) is 0 Å². The van der Waals surface area contributed by atoms with Crippen molar-refractivity contribution in [2.24, 2.45) is 0 Å². The molecule has 1 aliphatic rings. The minimum Gasteiger partial charge on any atom is -0.382 e. The summed E-state index contributed by atoms with van der Waals surface area (Å²) in [5.74, 6) is -0.520. The van der Waals surface area contributed by atoms with E-state index in [1.165, 1.54) is 24.6 Å². The highest BCUT2D eigenvalue weighted by atomic mass is 32.2. The van der Waals surface area contributed by atoms with E-state index < -0.39 is 34.6 Å². The normalized spacial score (nSPS) is 16.5. The molecule has 4 aromatic rings. The van der Waals surface area contributed by atoms with Crippen LogP contribution in [0.4, 0.5) is 24.8 Å². The number of ether oxygens (including phenoxy) is 1. The second-order valence-electron chi connectivity index (χ2n) is 9.23. The third-order valence-electron chi connectivity index (χ3n) is 6.39. The van der Waals surface area contributed by atoms with Crippen LogP contribution in [-0.4, -0.2) is 72.0 Å². The number of fused-ring (bicyclic) bond motifs is 1. The molecule has 15 heteroatoms. The van der Waals surface area contributed by atoms with Crippen molar-refractivity contribution in [3.63, 3.8) is 0 Å². The van der Waals surface area contributed by atoms with Crippen molar-refractivity contribution in [3.8, 4) is 11.3 Å². The van der Waals surface area contributed by atoms with E-state index in [0.29, 0.717) is 29.1 Å². The summed E-state index contributed by atoms with van der Waals surface area (Å²) in [5, 5.41) is 2.37. The van der Waals surface area contributed by atoms with Gasteiger partial charge in [-0.3, -0.25) is 18.2 Å². The molecule has 1 aromatic carbocycles. The molecule has 41 heavy (non-hydrogen) atoms. The zero-order valence-electron chi connectivity index (χ0n) is 21.6. The smallest absolute Gasteiger partial charge is 0.382 e. The number of carbonyl (C=O) groups is 2. The minimum absolute atomic E-state index is 0.0824. The number of anilines is 2. The highest BCUT2D eigenvalue weighted by Gasteiger charge is 2.32. The molecule has 4 heterocycles. The van der Waals surface area contributed by atoms with E-state index >= 15 is 0 Å². The summed E-state index contributed by atoms with van der Waals surface area (Å²) < 4.78 is 58.2. The Morgan fingerprint density at radius 1 is 1.17 bits per heavy atom. The lowest BCUT2D eigenvalue weighted by atomic mass is 10.1. The van der Waals surface area contributed by atoms with E-state index in [9.17, 15) is 27.0 Å². The number of rotatable bonds is 6. The maximum absolute atomic E-state index is 13.0. The monoisotopic (exact) mass is 587 g/mol. The minimum atomic E-state index is -4.57. The summed E-state index contributed by atoms with van der Waals surface area (Å²) in [6.45, 7) is 0.841. The Kier molecular flexibility index (Phi) is 7.73. The second-order valence-corrected chi connectivity index (χ2v) is 10.7. The number of benzene rings is 1. The summed E-state index contributed by atoms with van der Waals surface area (Å²) in [4.78, 5) is 39.6. The van der Waals surface area contributed by atoms with Crippen molar-refractivity contribution >= 4 is 39.8 Å². The highest BCUT2D eigenvalue weighted by Crippen LogP contribution is 2.33. The largest absolute Gasteiger partial charge is 0.416 e. The average Bonchev–Trinajstić information content (AvgIpc) is 3.34. The van der Waals surface area contributed by atoms with Crippen LogP contribution in [0.1, 0.15) is 27.8 Å². The number of hydrogen-bond donors (Lipinski definition) is 2. The van der Waals surface area contributed by atoms with Crippen LogP contribution in [0.5, 0.6) is 0 Å². The van der Waals surface area contributed by atoms with Crippen LogP contribution in [0.2, 0.25) is 0 Å². The number of morpholine rings is 1. The Morgan fingerprint density at radius 3 is 2.63 bits per heavy atom. The van der Waals surface area contributed by atoms with Gasteiger partial charge in [0.2, 0.25) is 5.91 Å². The molecule has 11 nitrogen and oxygen atoms in total. The Bertz CT molecular complexity index is 1640. The Morgan fingerprint density at radius 2 is 1.93 bits per heavy atom. The lowest BCUT2D eigenvalue weighted by molar-refractivity contribution is -0.138. The number of imidazole rings is 1. The molecular weight excluding hydrogens is 563 g/mol. The van der Waals surface area contributed by atoms with Gasteiger partial charge in [-0.15, -0.1) is 0 Å². The molecule has 0 radical (unpaired) electrons. The first-order valence-corrected chi connectivity index (χ1v) is 14.0. The number of nitrogen functional groups attached to an aromatic ring is 1. The van der Waals surface area contributed by atoms with Gasteiger partial charge >= 0.3 is 6.18 Å². The van der Waals surface area contributed by atoms with Gasteiger partial charge < -0.3 is 20.7 Å². The third kappa shape index (κ3) is 6.05. The second kappa shape index (κ2) is 11.2. The molecule has 3 aromatic heterocycles. The number of alkyl halides is 3. The lowest BCUT2D eigenvalue weighted by Gasteiger charge is -2.32. The van der Waals surface area contributed by atoms with E-state index in [-0.39, 0.29) is 42.0 Å². The zero-order chi connectivity index (χ0) is 29.3. The van der Waals surface area contributed by atoms with Crippen molar-refractivity contribution in [3.05, 3.63) is 71.9 Å². The van der Waals surface area contributed by atoms with Crippen LogP contribution in [0, 0.1) is 0 Å². The van der Waals surface area contributed by atoms with E-state index in [2.05, 4.69) is 15.3 Å². The molecule has 1 fully saturated rings. The number of nitrogens with two attached hydrogens (primary N) is 1. The molecule has 0 bridgehead atoms. The van der Waals surface area contributed by atoms with E-state index in [4.69, 9.17) is 15.5 Å². The first kappa shape index (κ1) is 28.2. The van der Waals surface area contributed by atoms with Crippen LogP contribution in [-0.2, 0) is 26.5 Å². The summed E-state index contributed by atoms with van der Waals surface area (Å²) in [6.07, 6.45) is 0.463. The van der Waals surface area contributed by atoms with Gasteiger partial charge in [-0.25, -0.2) is 15.0 Å². The lowest BCUT2D eigenvalue weighted by Crippen LogP contribution is -2.44. The Hall–Kier alpha value is -4.37. The van der Waals surface area contributed by atoms with Gasteiger partial charge in [0.25, 0.3) is 5.91 Å². The predicted molar refractivity (Wildman–Crippen MR) is 144 cm³/mol. The Labute approximate surface area is 234 Å². The number of hydrogen-bond acceptors (Lipinski definition) is 8. The number of nitrogens with zero attached hydrogens (tertiary/aromatic N) is 5. The van der Waals surface area contributed by atoms with Gasteiger partial charge in [-0.2, -0.15) is 13.2 Å². The molecule has 2 atom stereocenters. The SMILES string of the molecule is CS(=O)CC(=O)N1CCO[C@@H](c2nc(-c3ccc(C(=O)Nc4cc(C(F)(F)F)ccn4)cc3)c3c(N)nccn23)C1. The summed E-state index contributed by atoms with van der Waals surface area (Å²) in [6, 6.07) is 7.82. The van der Waals surface area contributed by atoms with Crippen LogP contribution in [0.25, 0.3) is 16.8 Å². The summed E-state index contributed by atoms with van der Waals surface area (Å²) in [5.41, 5.74) is 7.01. The number of pyridine rings is 1. The highest BCUT2D eigenvalue weighted by molar-refractivity contribution is 7.85. The van der Waals surface area contributed by atoms with Gasteiger partial charge in [0.05, 0.1) is 18.7 Å². The molecule has 2 amide bonds. The van der Waals surface area contributed by atoms with Crippen molar-refractivity contribution in [2.45, 2.75) is 12.3 Å². The van der Waals surface area contributed by atoms with E-state index in [1.807, 2.05) is 0 Å². The number of halogens is 3. The molecule has 0 saturated carbocycles. The molecule has 0 aliphatic carbocycles. The van der Waals surface area contributed by atoms with Crippen LogP contribution >= 0.6 is 0 Å². The average molecular weight is 588 g/mol. The standard InChI is InChI=1S/C26H24F3N7O4S/c1-41(39)14-20(37)35-10-11-40-18(13-35)24-34-21(22-23(30)32-8-9-36(22)24)15-2-4-16(5-3-15)25(38)33-19-12-17(6-7-31-19)26(27,28)29/h2-9,12,18H,10-11,13-14H2,1H3,(H2,30,32)(H,31,33,38)/t18-,41?/m1/s1. The van der Waals surface area contributed by atoms with Gasteiger partial charge in [0.15, 0.2) is 0 Å². The number of nitrogens with one attached hydrogen (secondary N) is 1. The zero-order valence-corrected chi connectivity index (χ0v) is 22.4. The van der Waals surface area contributed by atoms with Crippen LogP contribution in [0.3, 0.4) is 0 Å². The maximum atomic E-state index is 13.0. The first-order valence-electron chi connectivity index (χ1n) is 12.3. The molecule has 1 saturated heterocycles. The third-order valence-corrected chi connectivity index (χ3v) is 7.05. The maximum Gasteiger partial charge on any atom is 0.416 e. The van der Waals surface area contributed by atoms with Crippen LogP contribution < -0.4 is 11.1 Å². The molecule has 1 unspecified atom stereocenters. The number of amides is 2. The molecule has 214 valence electrons. The quantitative estimate of drug-likeness (QED) is 0.350. The summed E-state index contributed by atoms with van der Waals surface area (Å²) in [7, 11) is -1.28. The molecular formula is C26H24F3N7O4S. The van der Waals surface area contributed by atoms with Crippen LogP contribution in [0.15, 0.2) is 55.0 Å². The van der Waals surface area contributed by atoms with E-state index in [1.54, 1.807) is 27.6 Å². The van der Waals surface area contributed by atoms with Crippen molar-refractivity contribution in [2.75, 3.05) is 42.8 Å². The fourth-order valence-corrected chi connectivity index (χ4v) is 4.99. The topological polar surface area (TPSA) is 145 Å². The van der Waals surface area contributed by atoms with Gasteiger partial charge in [0, 0.05) is 53.3 Å². The first-order chi connectivity index (χ1) is 19.5. The fourth-order valence-electron chi connectivity index (χ4n) is 4.46. The van der Waals surface area contributed by atoms with Gasteiger partial charge in [-0.1, -0.05) is 12.1 Å². The summed E-state index contributed by atoms with van der Waals surface area (Å²) >= 11 is 0. The molecule has 3 N–H and O–H groups in total. The molecule has 1 aliphatic heterocycles. The van der Waals surface area contributed by atoms with Crippen molar-refractivity contribution in [1.82, 2.24) is 24.3 Å². The van der Waals surface area contributed by atoms with Crippen molar-refractivity contribution < 1.29 is 31.7 Å². The van der Waals surface area contributed by atoms with Gasteiger partial charge in [-0.05, 0) is 24.3 Å². The predicted octanol–water partition coefficient (Wildman–Crippen LogP) is 2.92. The number of aromatic nitrogens is 4. The Balaban J connectivity index is 1.41. The molecule has 5 rings (SSSR count). The molecule has 0 spiro atoms. The fraction of sp³-hybridized carbons (Fsp3) is 0.269. The number of carbonyl (C=O) groups excluding carboxylic acids is 2. The van der Waals surface area contributed by atoms with Gasteiger partial charge in [0.1, 0.15) is 40.5 Å². The van der Waals surface area contributed by atoms with E-state index in [0.717, 1.165) is 18.3 Å².